The van der Waals surface area contributed by atoms with Crippen molar-refractivity contribution >= 4 is 29.4 Å². The SMILES string of the molecule is C=C(N)/C(Cl)=C\C(=C/C)C(=O)NCC(=O)N1CCC[C@@H]1C(NC(C)/C=C/C(=O)OCC)=C1CC1. The van der Waals surface area contributed by atoms with Crippen molar-refractivity contribution in [3.63, 3.8) is 0 Å². The summed E-state index contributed by atoms with van der Waals surface area (Å²) in [5.74, 6) is -0.944. The fourth-order valence-electron chi connectivity index (χ4n) is 3.71. The molecule has 0 aromatic carbocycles. The standard InChI is InChI=1S/C25H35ClN4O4/c1-5-18(14-20(26)17(4)27)25(33)28-15-22(31)30-13-7-8-21(30)24(19-10-11-19)29-16(3)9-12-23(32)34-6-2/h5,9,12,14,16,21,29H,4,6-8,10-11,13,15,27H2,1-3H3,(H,28,33)/b12-9+,18-5+,20-14+/t16?,21-/m1/s1. The third kappa shape index (κ3) is 8.09. The molecule has 0 aromatic rings. The third-order valence-electron chi connectivity index (χ3n) is 5.54. The van der Waals surface area contributed by atoms with Crippen molar-refractivity contribution in [2.24, 2.45) is 5.73 Å². The Balaban J connectivity index is 2.01. The molecular weight excluding hydrogens is 456 g/mol. The average molecular weight is 491 g/mol. The molecule has 2 fully saturated rings. The van der Waals surface area contributed by atoms with Gasteiger partial charge < -0.3 is 26.0 Å². The number of likely N-dealkylation sites (tertiary alicyclic amines) is 1. The number of rotatable bonds is 11. The van der Waals surface area contributed by atoms with Crippen molar-refractivity contribution in [1.82, 2.24) is 15.5 Å². The molecule has 34 heavy (non-hydrogen) atoms. The van der Waals surface area contributed by atoms with Gasteiger partial charge >= 0.3 is 5.97 Å². The van der Waals surface area contributed by atoms with Crippen LogP contribution in [0.25, 0.3) is 0 Å². The van der Waals surface area contributed by atoms with Gasteiger partial charge in [-0.05, 0) is 58.1 Å². The van der Waals surface area contributed by atoms with Crippen molar-refractivity contribution < 1.29 is 19.1 Å². The van der Waals surface area contributed by atoms with Crippen LogP contribution in [0.3, 0.4) is 0 Å². The minimum absolute atomic E-state index is 0.0727. The van der Waals surface area contributed by atoms with Crippen LogP contribution in [-0.4, -0.2) is 54.5 Å². The Morgan fingerprint density at radius 1 is 1.35 bits per heavy atom. The van der Waals surface area contributed by atoms with Crippen LogP contribution in [0.1, 0.15) is 46.5 Å². The fourth-order valence-corrected chi connectivity index (χ4v) is 3.82. The van der Waals surface area contributed by atoms with Crippen LogP contribution in [0.15, 0.2) is 58.5 Å². The molecule has 2 aliphatic rings. The van der Waals surface area contributed by atoms with E-state index in [1.54, 1.807) is 26.0 Å². The lowest BCUT2D eigenvalue weighted by atomic mass is 10.1. The molecule has 8 nitrogen and oxygen atoms in total. The first-order valence-corrected chi connectivity index (χ1v) is 11.9. The summed E-state index contributed by atoms with van der Waals surface area (Å²) in [5, 5.41) is 6.33. The second kappa shape index (κ2) is 13.0. The lowest BCUT2D eigenvalue weighted by Crippen LogP contribution is -2.46. The summed E-state index contributed by atoms with van der Waals surface area (Å²) in [6, 6.07) is -0.174. The van der Waals surface area contributed by atoms with E-state index in [4.69, 9.17) is 22.1 Å². The normalized spacial score (nSPS) is 19.1. The molecule has 9 heteroatoms. The number of nitrogens with zero attached hydrogens (tertiary/aromatic N) is 1. The van der Waals surface area contributed by atoms with Crippen LogP contribution >= 0.6 is 11.6 Å². The van der Waals surface area contributed by atoms with Crippen LogP contribution in [0.5, 0.6) is 0 Å². The lowest BCUT2D eigenvalue weighted by Gasteiger charge is -2.29. The maximum atomic E-state index is 13.0. The van der Waals surface area contributed by atoms with Crippen molar-refractivity contribution in [3.05, 3.63) is 58.5 Å². The number of carbonyl (C=O) groups is 3. The molecule has 0 radical (unpaired) electrons. The average Bonchev–Trinajstić information content (AvgIpc) is 3.53. The molecule has 1 aliphatic heterocycles. The first kappa shape index (κ1) is 27.2. The van der Waals surface area contributed by atoms with E-state index in [9.17, 15) is 14.4 Å². The zero-order chi connectivity index (χ0) is 25.3. The Bertz CT molecular complexity index is 929. The molecule has 1 aliphatic carbocycles. The van der Waals surface area contributed by atoms with Gasteiger partial charge in [-0.3, -0.25) is 9.59 Å². The van der Waals surface area contributed by atoms with Gasteiger partial charge in [-0.2, -0.15) is 0 Å². The third-order valence-corrected chi connectivity index (χ3v) is 5.89. The molecule has 0 spiro atoms. The molecule has 0 bridgehead atoms. The molecule has 186 valence electrons. The minimum Gasteiger partial charge on any atom is -0.463 e. The highest BCUT2D eigenvalue weighted by atomic mass is 35.5. The van der Waals surface area contributed by atoms with Gasteiger partial charge in [-0.25, -0.2) is 4.79 Å². The molecule has 2 atom stereocenters. The Kier molecular flexibility index (Phi) is 10.4. The Morgan fingerprint density at radius 2 is 2.06 bits per heavy atom. The Labute approximate surface area is 206 Å². The highest BCUT2D eigenvalue weighted by Gasteiger charge is 2.35. The van der Waals surface area contributed by atoms with E-state index < -0.39 is 5.91 Å². The van der Waals surface area contributed by atoms with E-state index in [2.05, 4.69) is 17.2 Å². The van der Waals surface area contributed by atoms with E-state index >= 15 is 0 Å². The highest BCUT2D eigenvalue weighted by molar-refractivity contribution is 6.32. The number of ether oxygens (including phenoxy) is 1. The molecule has 1 heterocycles. The first-order valence-electron chi connectivity index (χ1n) is 11.6. The zero-order valence-corrected chi connectivity index (χ0v) is 20.9. The number of esters is 1. The van der Waals surface area contributed by atoms with Gasteiger partial charge in [-0.15, -0.1) is 0 Å². The van der Waals surface area contributed by atoms with Crippen LogP contribution < -0.4 is 16.4 Å². The predicted octanol–water partition coefficient (Wildman–Crippen LogP) is 2.78. The number of allylic oxidation sites excluding steroid dienone is 3. The molecule has 1 saturated carbocycles. The molecule has 1 unspecified atom stereocenters. The molecule has 1 saturated heterocycles. The van der Waals surface area contributed by atoms with Crippen LogP contribution in [-0.2, 0) is 19.1 Å². The van der Waals surface area contributed by atoms with Gasteiger partial charge in [-0.1, -0.05) is 30.3 Å². The minimum atomic E-state index is -0.414. The van der Waals surface area contributed by atoms with Gasteiger partial charge in [0.15, 0.2) is 0 Å². The van der Waals surface area contributed by atoms with Crippen LogP contribution in [0.4, 0.5) is 0 Å². The van der Waals surface area contributed by atoms with Gasteiger partial charge in [0, 0.05) is 35.6 Å². The van der Waals surface area contributed by atoms with E-state index in [1.807, 2.05) is 11.8 Å². The smallest absolute Gasteiger partial charge is 0.330 e. The second-order valence-corrected chi connectivity index (χ2v) is 8.66. The number of nitrogens with two attached hydrogens (primary N) is 1. The van der Waals surface area contributed by atoms with Gasteiger partial charge in [0.2, 0.25) is 5.91 Å². The highest BCUT2D eigenvalue weighted by Crippen LogP contribution is 2.36. The van der Waals surface area contributed by atoms with Crippen LogP contribution in [0.2, 0.25) is 0 Å². The summed E-state index contributed by atoms with van der Waals surface area (Å²) < 4.78 is 4.93. The number of hydrogen-bond donors (Lipinski definition) is 3. The molecular formula is C25H35ClN4O4. The first-order chi connectivity index (χ1) is 16.2. The number of carbonyl (C=O) groups excluding carboxylic acids is 3. The quantitative estimate of drug-likeness (QED) is 0.233. The van der Waals surface area contributed by atoms with E-state index in [-0.39, 0.29) is 41.2 Å². The number of halogens is 1. The molecule has 2 rings (SSSR count). The van der Waals surface area contributed by atoms with E-state index in [0.717, 1.165) is 31.4 Å². The number of hydrogen-bond acceptors (Lipinski definition) is 6. The van der Waals surface area contributed by atoms with E-state index in [0.29, 0.717) is 18.7 Å². The summed E-state index contributed by atoms with van der Waals surface area (Å²) in [4.78, 5) is 38.9. The van der Waals surface area contributed by atoms with Crippen molar-refractivity contribution in [3.8, 4) is 0 Å². The predicted molar refractivity (Wildman–Crippen MR) is 133 cm³/mol. The van der Waals surface area contributed by atoms with Crippen molar-refractivity contribution in [2.45, 2.75) is 58.5 Å². The van der Waals surface area contributed by atoms with Gasteiger partial charge in [0.25, 0.3) is 5.91 Å². The molecule has 4 N–H and O–H groups in total. The summed E-state index contributed by atoms with van der Waals surface area (Å²) >= 11 is 5.98. The summed E-state index contributed by atoms with van der Waals surface area (Å²) in [6.45, 7) is 9.79. The fraction of sp³-hybridized carbons (Fsp3) is 0.480. The summed E-state index contributed by atoms with van der Waals surface area (Å²) in [5.41, 5.74) is 8.34. The zero-order valence-electron chi connectivity index (χ0n) is 20.2. The second-order valence-electron chi connectivity index (χ2n) is 8.25. The van der Waals surface area contributed by atoms with Crippen molar-refractivity contribution in [1.29, 1.82) is 0 Å². The molecule has 2 amide bonds. The van der Waals surface area contributed by atoms with Gasteiger partial charge in [0.1, 0.15) is 0 Å². The number of nitrogens with one attached hydrogen (secondary N) is 2. The Morgan fingerprint density at radius 3 is 2.65 bits per heavy atom. The number of amides is 2. The van der Waals surface area contributed by atoms with E-state index in [1.165, 1.54) is 17.7 Å². The van der Waals surface area contributed by atoms with Gasteiger partial charge in [0.05, 0.1) is 24.2 Å². The lowest BCUT2D eigenvalue weighted by molar-refractivity contribution is -0.137. The maximum absolute atomic E-state index is 13.0. The monoisotopic (exact) mass is 490 g/mol. The summed E-state index contributed by atoms with van der Waals surface area (Å²) in [7, 11) is 0. The van der Waals surface area contributed by atoms with Crippen molar-refractivity contribution in [2.75, 3.05) is 19.7 Å². The maximum Gasteiger partial charge on any atom is 0.330 e. The Hall–Kier alpha value is -3.00. The molecule has 0 aromatic heterocycles. The largest absolute Gasteiger partial charge is 0.463 e. The summed E-state index contributed by atoms with van der Waals surface area (Å²) in [6.07, 6.45) is 9.91. The topological polar surface area (TPSA) is 114 Å². The van der Waals surface area contributed by atoms with Crippen LogP contribution in [0, 0.1) is 0 Å².